The molecule has 0 unspecified atom stereocenters. The van der Waals surface area contributed by atoms with E-state index in [9.17, 15) is 18.4 Å². The summed E-state index contributed by atoms with van der Waals surface area (Å²) in [4.78, 5) is 30.8. The van der Waals surface area contributed by atoms with E-state index in [4.69, 9.17) is 0 Å². The molecule has 154 valence electrons. The third-order valence-corrected chi connectivity index (χ3v) is 5.76. The third kappa shape index (κ3) is 4.08. The summed E-state index contributed by atoms with van der Waals surface area (Å²) in [6, 6.07) is 11.1. The molecule has 0 radical (unpaired) electrons. The van der Waals surface area contributed by atoms with Crippen molar-refractivity contribution in [2.75, 3.05) is 13.1 Å². The fourth-order valence-electron chi connectivity index (χ4n) is 4.11. The Labute approximate surface area is 173 Å². The van der Waals surface area contributed by atoms with Gasteiger partial charge in [0.05, 0.1) is 5.52 Å². The van der Waals surface area contributed by atoms with Crippen LogP contribution in [0.4, 0.5) is 8.78 Å². The van der Waals surface area contributed by atoms with Crippen molar-refractivity contribution < 1.29 is 18.4 Å². The summed E-state index contributed by atoms with van der Waals surface area (Å²) in [6.07, 6.45) is 2.83. The van der Waals surface area contributed by atoms with Gasteiger partial charge in [-0.3, -0.25) is 14.6 Å². The van der Waals surface area contributed by atoms with Gasteiger partial charge in [-0.05, 0) is 72.7 Å². The number of benzene rings is 2. The number of ketones is 1. The number of rotatable bonds is 4. The smallest absolute Gasteiger partial charge is 0.290 e. The summed E-state index contributed by atoms with van der Waals surface area (Å²) >= 11 is 0. The molecule has 30 heavy (non-hydrogen) atoms. The van der Waals surface area contributed by atoms with E-state index in [-0.39, 0.29) is 23.7 Å². The molecule has 0 bridgehead atoms. The summed E-state index contributed by atoms with van der Waals surface area (Å²) in [5, 5.41) is 0.785. The number of fused-ring (bicyclic) bond motifs is 1. The number of likely N-dealkylation sites (tertiary alicyclic amines) is 1. The van der Waals surface area contributed by atoms with Gasteiger partial charge in [0.15, 0.2) is 0 Å². The second-order valence-corrected chi connectivity index (χ2v) is 7.82. The number of carbonyl (C=O) groups is 2. The van der Waals surface area contributed by atoms with Crippen molar-refractivity contribution in [2.24, 2.45) is 0 Å². The second kappa shape index (κ2) is 8.30. The molecule has 2 aromatic carbocycles. The largest absolute Gasteiger partial charge is 0.336 e. The first-order chi connectivity index (χ1) is 14.4. The van der Waals surface area contributed by atoms with Crippen molar-refractivity contribution in [1.82, 2.24) is 9.88 Å². The molecule has 0 atom stereocenters. The van der Waals surface area contributed by atoms with E-state index < -0.39 is 17.5 Å². The lowest BCUT2D eigenvalue weighted by Gasteiger charge is -2.32. The number of carbonyl (C=O) groups excluding carboxylic acids is 2. The quantitative estimate of drug-likeness (QED) is 0.604. The van der Waals surface area contributed by atoms with Crippen LogP contribution in [0.1, 0.15) is 35.4 Å². The van der Waals surface area contributed by atoms with Crippen molar-refractivity contribution in [1.29, 1.82) is 0 Å². The van der Waals surface area contributed by atoms with Gasteiger partial charge in [-0.25, -0.2) is 8.78 Å². The summed E-state index contributed by atoms with van der Waals surface area (Å²) in [7, 11) is 0. The molecule has 4 nitrogen and oxygen atoms in total. The second-order valence-electron chi connectivity index (χ2n) is 7.82. The molecule has 6 heteroatoms. The minimum absolute atomic E-state index is 0.158. The van der Waals surface area contributed by atoms with E-state index in [1.807, 2.05) is 6.07 Å². The Balaban J connectivity index is 1.42. The standard InChI is InChI=1S/C24H22F2N2O2/c1-15-2-3-17(21(26)12-15)13-23(29)24(30)28-10-7-16(8-11-28)19-6-9-27-22-5-4-18(25)14-20(19)22/h2-6,9,12,14,16H,7-8,10-11,13H2,1H3. The molecule has 2 heterocycles. The summed E-state index contributed by atoms with van der Waals surface area (Å²) < 4.78 is 27.7. The summed E-state index contributed by atoms with van der Waals surface area (Å²) in [6.45, 7) is 2.64. The molecule has 0 saturated carbocycles. The molecule has 0 aliphatic carbocycles. The van der Waals surface area contributed by atoms with E-state index in [0.29, 0.717) is 25.9 Å². The molecule has 4 rings (SSSR count). The van der Waals surface area contributed by atoms with Crippen LogP contribution in [0.5, 0.6) is 0 Å². The van der Waals surface area contributed by atoms with Crippen molar-refractivity contribution in [3.05, 3.63) is 77.0 Å². The van der Waals surface area contributed by atoms with E-state index in [0.717, 1.165) is 22.0 Å². The van der Waals surface area contributed by atoms with Gasteiger partial charge in [-0.1, -0.05) is 12.1 Å². The average Bonchev–Trinajstić information content (AvgIpc) is 2.75. The normalized spacial score (nSPS) is 14.8. The maximum Gasteiger partial charge on any atom is 0.290 e. The van der Waals surface area contributed by atoms with Gasteiger partial charge >= 0.3 is 0 Å². The first-order valence-corrected chi connectivity index (χ1v) is 10.0. The fraction of sp³-hybridized carbons (Fsp3) is 0.292. The van der Waals surface area contributed by atoms with Gasteiger partial charge < -0.3 is 4.90 Å². The van der Waals surface area contributed by atoms with Crippen LogP contribution in [0.3, 0.4) is 0 Å². The highest BCUT2D eigenvalue weighted by Gasteiger charge is 2.28. The Morgan fingerprint density at radius 3 is 2.57 bits per heavy atom. The van der Waals surface area contributed by atoms with Gasteiger partial charge in [0.2, 0.25) is 5.78 Å². The molecule has 1 aromatic heterocycles. The third-order valence-electron chi connectivity index (χ3n) is 5.76. The van der Waals surface area contributed by atoms with Gasteiger partial charge in [0.25, 0.3) is 5.91 Å². The number of halogens is 2. The number of amides is 1. The van der Waals surface area contributed by atoms with Crippen molar-refractivity contribution >= 4 is 22.6 Å². The highest BCUT2D eigenvalue weighted by Crippen LogP contribution is 2.32. The molecular formula is C24H22F2N2O2. The van der Waals surface area contributed by atoms with Crippen LogP contribution < -0.4 is 0 Å². The first kappa shape index (κ1) is 20.1. The monoisotopic (exact) mass is 408 g/mol. The predicted molar refractivity (Wildman–Crippen MR) is 110 cm³/mol. The lowest BCUT2D eigenvalue weighted by molar-refractivity contribution is -0.145. The van der Waals surface area contributed by atoms with Crippen LogP contribution in [0.15, 0.2) is 48.7 Å². The maximum atomic E-state index is 14.0. The zero-order valence-corrected chi connectivity index (χ0v) is 16.7. The molecule has 1 amide bonds. The summed E-state index contributed by atoms with van der Waals surface area (Å²) in [5.74, 6) is -1.79. The van der Waals surface area contributed by atoms with Crippen LogP contribution in [0.25, 0.3) is 10.9 Å². The molecular weight excluding hydrogens is 386 g/mol. The van der Waals surface area contributed by atoms with Crippen LogP contribution in [-0.2, 0) is 16.0 Å². The molecule has 3 aromatic rings. The summed E-state index contributed by atoms with van der Waals surface area (Å²) in [5.41, 5.74) is 2.75. The van der Waals surface area contributed by atoms with E-state index in [1.165, 1.54) is 23.1 Å². The fourth-order valence-corrected chi connectivity index (χ4v) is 4.11. The van der Waals surface area contributed by atoms with E-state index >= 15 is 0 Å². The Morgan fingerprint density at radius 2 is 1.83 bits per heavy atom. The van der Waals surface area contributed by atoms with Crippen LogP contribution in [-0.4, -0.2) is 34.7 Å². The van der Waals surface area contributed by atoms with Crippen molar-refractivity contribution in [2.45, 2.75) is 32.1 Å². The van der Waals surface area contributed by atoms with Gasteiger partial charge in [0.1, 0.15) is 11.6 Å². The molecule has 1 aliphatic rings. The van der Waals surface area contributed by atoms with Crippen molar-refractivity contribution in [3.8, 4) is 0 Å². The number of pyridine rings is 1. The number of Topliss-reactive ketones (excluding diaryl/α,β-unsaturated/α-hetero) is 1. The van der Waals surface area contributed by atoms with Crippen LogP contribution in [0, 0.1) is 18.6 Å². The van der Waals surface area contributed by atoms with Gasteiger partial charge in [0, 0.05) is 31.1 Å². The van der Waals surface area contributed by atoms with Crippen LogP contribution >= 0.6 is 0 Å². The number of piperidine rings is 1. The molecule has 1 aliphatic heterocycles. The minimum atomic E-state index is -0.604. The Hall–Kier alpha value is -3.15. The minimum Gasteiger partial charge on any atom is -0.336 e. The lowest BCUT2D eigenvalue weighted by Crippen LogP contribution is -2.42. The highest BCUT2D eigenvalue weighted by atomic mass is 19.1. The SMILES string of the molecule is Cc1ccc(CC(=O)C(=O)N2CCC(c3ccnc4ccc(F)cc34)CC2)c(F)c1. The predicted octanol–water partition coefficient (Wildman–Crippen LogP) is 4.34. The molecule has 0 N–H and O–H groups in total. The Kier molecular flexibility index (Phi) is 5.57. The lowest BCUT2D eigenvalue weighted by atomic mass is 9.87. The first-order valence-electron chi connectivity index (χ1n) is 10.0. The van der Waals surface area contributed by atoms with E-state index in [2.05, 4.69) is 4.98 Å². The van der Waals surface area contributed by atoms with Gasteiger partial charge in [-0.15, -0.1) is 0 Å². The zero-order valence-electron chi connectivity index (χ0n) is 16.7. The molecule has 1 fully saturated rings. The number of hydrogen-bond donors (Lipinski definition) is 0. The van der Waals surface area contributed by atoms with E-state index in [1.54, 1.807) is 31.3 Å². The number of aryl methyl sites for hydroxylation is 1. The van der Waals surface area contributed by atoms with Crippen LogP contribution in [0.2, 0.25) is 0 Å². The topological polar surface area (TPSA) is 50.3 Å². The average molecular weight is 408 g/mol. The Morgan fingerprint density at radius 1 is 1.07 bits per heavy atom. The Bertz CT molecular complexity index is 1120. The number of nitrogens with zero attached hydrogens (tertiary/aromatic N) is 2. The number of aromatic nitrogens is 1. The highest BCUT2D eigenvalue weighted by molar-refractivity contribution is 6.36. The molecule has 1 saturated heterocycles. The maximum absolute atomic E-state index is 14.0. The van der Waals surface area contributed by atoms with Crippen molar-refractivity contribution in [3.63, 3.8) is 0 Å². The van der Waals surface area contributed by atoms with Gasteiger partial charge in [-0.2, -0.15) is 0 Å². The molecule has 0 spiro atoms. The number of hydrogen-bond acceptors (Lipinski definition) is 3. The zero-order chi connectivity index (χ0) is 21.3.